The van der Waals surface area contributed by atoms with E-state index in [2.05, 4.69) is 32.8 Å². The molecule has 6 heteroatoms. The Balaban J connectivity index is 0.00000121. The smallest absolute Gasteiger partial charge is 0.233 e. The summed E-state index contributed by atoms with van der Waals surface area (Å²) in [5, 5.41) is 7.58. The molecule has 68 valence electrons. The van der Waals surface area contributed by atoms with Gasteiger partial charge in [0.1, 0.15) is 10.3 Å². The van der Waals surface area contributed by atoms with Gasteiger partial charge in [-0.15, -0.1) is 22.6 Å². The van der Waals surface area contributed by atoms with Crippen molar-refractivity contribution in [2.24, 2.45) is 5.73 Å². The largest absolute Gasteiger partial charge is 0.475 e. The second-order valence-corrected chi connectivity index (χ2v) is 2.94. The maximum absolute atomic E-state index is 5.23. The molecule has 2 N–H and O–H groups in total. The minimum Gasteiger partial charge on any atom is -0.475 e. The van der Waals surface area contributed by atoms with Gasteiger partial charge in [0.05, 0.1) is 0 Å². The van der Waals surface area contributed by atoms with Crippen LogP contribution >= 0.6 is 35.0 Å². The van der Waals surface area contributed by atoms with Crippen molar-refractivity contribution in [2.75, 3.05) is 13.2 Å². The van der Waals surface area contributed by atoms with Crippen molar-refractivity contribution in [3.05, 3.63) is 15.8 Å². The van der Waals surface area contributed by atoms with E-state index in [0.717, 1.165) is 3.70 Å². The number of hydrogen-bond donors (Lipinski definition) is 1. The minimum absolute atomic E-state index is 0. The average Bonchev–Trinajstić information content (AvgIpc) is 2.04. The molecule has 4 nitrogen and oxygen atoms in total. The summed E-state index contributed by atoms with van der Waals surface area (Å²) < 4.78 is 5.96. The number of hydrogen-bond acceptors (Lipinski definition) is 4. The summed E-state index contributed by atoms with van der Waals surface area (Å²) in [4.78, 5) is 0. The Morgan fingerprint density at radius 2 is 2.17 bits per heavy atom. The van der Waals surface area contributed by atoms with Crippen LogP contribution in [0.2, 0.25) is 0 Å². The Bertz CT molecular complexity index is 219. The van der Waals surface area contributed by atoms with E-state index >= 15 is 0 Å². The molecule has 0 saturated carbocycles. The Hall–Kier alpha value is -0.140. The first-order chi connectivity index (χ1) is 5.33. The molecule has 0 radical (unpaired) electrons. The van der Waals surface area contributed by atoms with Crippen LogP contribution in [-0.2, 0) is 0 Å². The Morgan fingerprint density at radius 1 is 1.42 bits per heavy atom. The zero-order chi connectivity index (χ0) is 8.10. The highest BCUT2D eigenvalue weighted by molar-refractivity contribution is 14.1. The molecule has 12 heavy (non-hydrogen) atoms. The summed E-state index contributed by atoms with van der Waals surface area (Å²) in [6.45, 7) is 0.975. The van der Waals surface area contributed by atoms with Crippen molar-refractivity contribution in [1.82, 2.24) is 10.2 Å². The molecule has 0 aliphatic carbocycles. The van der Waals surface area contributed by atoms with Crippen molar-refractivity contribution in [1.29, 1.82) is 0 Å². The van der Waals surface area contributed by atoms with E-state index in [1.807, 2.05) is 6.07 Å². The molecule has 0 saturated heterocycles. The van der Waals surface area contributed by atoms with Crippen LogP contribution in [0, 0.1) is 3.70 Å². The van der Waals surface area contributed by atoms with Crippen molar-refractivity contribution >= 4 is 35.0 Å². The summed E-state index contributed by atoms with van der Waals surface area (Å²) in [6, 6.07) is 3.60. The van der Waals surface area contributed by atoms with E-state index in [1.54, 1.807) is 6.07 Å². The third-order valence-corrected chi connectivity index (χ3v) is 1.55. The fraction of sp³-hybridized carbons (Fsp3) is 0.333. The molecule has 0 aliphatic rings. The van der Waals surface area contributed by atoms with Crippen molar-refractivity contribution in [3.8, 4) is 5.88 Å². The number of ether oxygens (including phenoxy) is 1. The number of halogens is 2. The molecule has 0 atom stereocenters. The van der Waals surface area contributed by atoms with Crippen LogP contribution in [0.1, 0.15) is 0 Å². The predicted octanol–water partition coefficient (Wildman–Crippen LogP) is 0.841. The lowest BCUT2D eigenvalue weighted by Gasteiger charge is -2.00. The lowest BCUT2D eigenvalue weighted by Crippen LogP contribution is -2.11. The molecule has 0 unspecified atom stereocenters. The van der Waals surface area contributed by atoms with Crippen LogP contribution in [0.4, 0.5) is 0 Å². The van der Waals surface area contributed by atoms with Gasteiger partial charge < -0.3 is 10.5 Å². The lowest BCUT2D eigenvalue weighted by atomic mass is 10.6. The van der Waals surface area contributed by atoms with Gasteiger partial charge in [-0.1, -0.05) is 0 Å². The molecule has 0 amide bonds. The van der Waals surface area contributed by atoms with Crippen LogP contribution in [0.3, 0.4) is 0 Å². The minimum atomic E-state index is 0. The third kappa shape index (κ3) is 4.03. The van der Waals surface area contributed by atoms with E-state index in [-0.39, 0.29) is 12.4 Å². The fourth-order valence-corrected chi connectivity index (χ4v) is 0.832. The number of nitrogens with two attached hydrogens (primary N) is 1. The summed E-state index contributed by atoms with van der Waals surface area (Å²) in [5.74, 6) is 0.524. The molecule has 0 fully saturated rings. The van der Waals surface area contributed by atoms with E-state index in [0.29, 0.717) is 19.0 Å². The number of aromatic nitrogens is 2. The van der Waals surface area contributed by atoms with E-state index in [4.69, 9.17) is 10.5 Å². The molecule has 1 rings (SSSR count). The first-order valence-corrected chi connectivity index (χ1v) is 4.23. The molecule has 0 aliphatic heterocycles. The highest BCUT2D eigenvalue weighted by Crippen LogP contribution is 2.05. The van der Waals surface area contributed by atoms with Gasteiger partial charge in [-0.2, -0.15) is 0 Å². The van der Waals surface area contributed by atoms with Gasteiger partial charge in [-0.3, -0.25) is 0 Å². The fourth-order valence-electron chi connectivity index (χ4n) is 0.544. The van der Waals surface area contributed by atoms with E-state index in [9.17, 15) is 0 Å². The maximum Gasteiger partial charge on any atom is 0.233 e. The van der Waals surface area contributed by atoms with Crippen molar-refractivity contribution in [2.45, 2.75) is 0 Å². The van der Waals surface area contributed by atoms with Gasteiger partial charge in [-0.25, -0.2) is 0 Å². The molecular weight excluding hydrogens is 292 g/mol. The van der Waals surface area contributed by atoms with Gasteiger partial charge >= 0.3 is 0 Å². The topological polar surface area (TPSA) is 61.0 Å². The summed E-state index contributed by atoms with van der Waals surface area (Å²) >= 11 is 2.08. The van der Waals surface area contributed by atoms with Crippen molar-refractivity contribution in [3.63, 3.8) is 0 Å². The summed E-state index contributed by atoms with van der Waals surface area (Å²) in [6.07, 6.45) is 0. The second kappa shape index (κ2) is 6.38. The predicted molar refractivity (Wildman–Crippen MR) is 56.5 cm³/mol. The summed E-state index contributed by atoms with van der Waals surface area (Å²) in [5.41, 5.74) is 5.23. The molecular formula is C6H9ClIN3O. The first kappa shape index (κ1) is 11.9. The Morgan fingerprint density at radius 3 is 2.67 bits per heavy atom. The third-order valence-electron chi connectivity index (χ3n) is 0.975. The standard InChI is InChI=1S/C6H8IN3O.ClH/c7-5-1-2-6(10-9-5)11-4-3-8;/h1-2H,3-4,8H2;1H. The molecule has 0 bridgehead atoms. The number of nitrogens with zero attached hydrogens (tertiary/aromatic N) is 2. The molecule has 1 heterocycles. The van der Waals surface area contributed by atoms with Crippen LogP contribution in [-0.4, -0.2) is 23.3 Å². The first-order valence-electron chi connectivity index (χ1n) is 3.15. The van der Waals surface area contributed by atoms with Gasteiger partial charge in [0, 0.05) is 12.6 Å². The van der Waals surface area contributed by atoms with Crippen LogP contribution in [0.15, 0.2) is 12.1 Å². The molecule has 1 aromatic rings. The van der Waals surface area contributed by atoms with Gasteiger partial charge in [0.15, 0.2) is 0 Å². The van der Waals surface area contributed by atoms with Gasteiger partial charge in [0.2, 0.25) is 5.88 Å². The quantitative estimate of drug-likeness (QED) is 0.841. The zero-order valence-corrected chi connectivity index (χ0v) is 9.21. The van der Waals surface area contributed by atoms with Crippen LogP contribution in [0.5, 0.6) is 5.88 Å². The zero-order valence-electron chi connectivity index (χ0n) is 6.24. The highest BCUT2D eigenvalue weighted by Gasteiger charge is 1.93. The van der Waals surface area contributed by atoms with Crippen molar-refractivity contribution < 1.29 is 4.74 Å². The average molecular weight is 302 g/mol. The highest BCUT2D eigenvalue weighted by atomic mass is 127. The monoisotopic (exact) mass is 301 g/mol. The van der Waals surface area contributed by atoms with Gasteiger partial charge in [0.25, 0.3) is 0 Å². The van der Waals surface area contributed by atoms with E-state index < -0.39 is 0 Å². The summed E-state index contributed by atoms with van der Waals surface area (Å²) in [7, 11) is 0. The second-order valence-electron chi connectivity index (χ2n) is 1.83. The lowest BCUT2D eigenvalue weighted by molar-refractivity contribution is 0.311. The van der Waals surface area contributed by atoms with Crippen LogP contribution in [0.25, 0.3) is 0 Å². The normalized spacial score (nSPS) is 8.83. The maximum atomic E-state index is 5.23. The molecule has 0 aromatic carbocycles. The molecule has 0 spiro atoms. The van der Waals surface area contributed by atoms with Gasteiger partial charge in [-0.05, 0) is 28.7 Å². The Kier molecular flexibility index (Phi) is 6.31. The Labute approximate surface area is 90.4 Å². The van der Waals surface area contributed by atoms with Crippen LogP contribution < -0.4 is 10.5 Å². The van der Waals surface area contributed by atoms with E-state index in [1.165, 1.54) is 0 Å². The molecule has 1 aromatic heterocycles. The number of rotatable bonds is 3. The SMILES string of the molecule is Cl.NCCOc1ccc(I)nn1.